The van der Waals surface area contributed by atoms with Crippen LogP contribution in [-0.4, -0.2) is 76.0 Å². The Morgan fingerprint density at radius 2 is 0.800 bits per heavy atom. The lowest BCUT2D eigenvalue weighted by molar-refractivity contribution is -0.241. The molecule has 0 aliphatic carbocycles. The number of esters is 1. The van der Waals surface area contributed by atoms with E-state index in [4.69, 9.17) is 23.7 Å². The van der Waals surface area contributed by atoms with Gasteiger partial charge in [0.25, 0.3) is 0 Å². The highest BCUT2D eigenvalue weighted by atomic mass is 17.2. The third-order valence-electron chi connectivity index (χ3n) is 10.6. The third kappa shape index (κ3) is 44.2. The first-order chi connectivity index (χ1) is 27.2. The van der Waals surface area contributed by atoms with Gasteiger partial charge in [-0.3, -0.25) is 4.79 Å². The van der Waals surface area contributed by atoms with Gasteiger partial charge in [0.1, 0.15) is 0 Å². The van der Waals surface area contributed by atoms with E-state index in [9.17, 15) is 9.90 Å². The van der Waals surface area contributed by atoms with Crippen molar-refractivity contribution in [3.8, 4) is 0 Å². The Hall–Kier alpha value is -0.705. The molecule has 0 aromatic carbocycles. The molecule has 0 aliphatic heterocycles. The van der Waals surface area contributed by atoms with Crippen molar-refractivity contribution in [1.82, 2.24) is 4.90 Å². The molecule has 0 saturated heterocycles. The highest BCUT2D eigenvalue weighted by Gasteiger charge is 2.22. The number of hydrogen-bond donors (Lipinski definition) is 1. The summed E-state index contributed by atoms with van der Waals surface area (Å²) in [6, 6.07) is 0. The molecule has 0 saturated carbocycles. The third-order valence-corrected chi connectivity index (χ3v) is 10.6. The van der Waals surface area contributed by atoms with Crippen molar-refractivity contribution in [1.29, 1.82) is 0 Å². The number of aliphatic hydroxyl groups is 1. The fourth-order valence-electron chi connectivity index (χ4n) is 6.99. The van der Waals surface area contributed by atoms with Crippen molar-refractivity contribution in [2.24, 2.45) is 0 Å². The van der Waals surface area contributed by atoms with Crippen LogP contribution < -0.4 is 0 Å². The molecule has 0 spiro atoms. The summed E-state index contributed by atoms with van der Waals surface area (Å²) < 4.78 is 17.2. The van der Waals surface area contributed by atoms with Gasteiger partial charge in [-0.05, 0) is 58.0 Å². The number of carbonyl (C=O) groups excluding carboxylic acids is 1. The first-order valence-corrected chi connectivity index (χ1v) is 24.2. The lowest BCUT2D eigenvalue weighted by Crippen LogP contribution is -2.29. The van der Waals surface area contributed by atoms with Gasteiger partial charge in [0, 0.05) is 26.2 Å². The molecular formula is C46H94BNO7. The molecule has 9 heteroatoms. The van der Waals surface area contributed by atoms with E-state index in [1.807, 2.05) is 0 Å². The van der Waals surface area contributed by atoms with Gasteiger partial charge in [-0.15, -0.1) is 0 Å². The molecule has 1 N–H and O–H groups in total. The Labute approximate surface area is 342 Å². The SMILES string of the molecule is CCCCCCCCCOB(OCCCCCCCCC)OOCCCCCCCCCN(CCO)CCCCCCCC(=O)OCCCCCCCCC. The zero-order valence-electron chi connectivity index (χ0n) is 37.1. The van der Waals surface area contributed by atoms with Crippen LogP contribution in [0.5, 0.6) is 0 Å². The summed E-state index contributed by atoms with van der Waals surface area (Å²) in [4.78, 5) is 25.5. The molecule has 328 valence electrons. The number of rotatable bonds is 48. The second-order valence-electron chi connectivity index (χ2n) is 16.1. The Morgan fingerprint density at radius 1 is 0.436 bits per heavy atom. The van der Waals surface area contributed by atoms with E-state index in [0.29, 0.717) is 32.8 Å². The van der Waals surface area contributed by atoms with Crippen LogP contribution in [0.2, 0.25) is 0 Å². The molecular weight excluding hydrogens is 689 g/mol. The van der Waals surface area contributed by atoms with E-state index in [1.54, 1.807) is 0 Å². The molecule has 8 nitrogen and oxygen atoms in total. The largest absolute Gasteiger partial charge is 0.668 e. The van der Waals surface area contributed by atoms with Crippen molar-refractivity contribution in [3.05, 3.63) is 0 Å². The molecule has 0 atom stereocenters. The second kappa shape index (κ2) is 47.7. The number of carbonyl (C=O) groups is 1. The van der Waals surface area contributed by atoms with E-state index in [0.717, 1.165) is 77.4 Å². The van der Waals surface area contributed by atoms with Crippen molar-refractivity contribution >= 4 is 13.3 Å². The highest BCUT2D eigenvalue weighted by Crippen LogP contribution is 2.13. The maximum absolute atomic E-state index is 12.0. The highest BCUT2D eigenvalue weighted by molar-refractivity contribution is 6.35. The Balaban J connectivity index is 3.86. The van der Waals surface area contributed by atoms with Gasteiger partial charge in [0.2, 0.25) is 0 Å². The van der Waals surface area contributed by atoms with Gasteiger partial charge in [-0.1, -0.05) is 188 Å². The standard InChI is InChI=1S/C46H94BNO7/c1-4-7-10-13-18-26-33-42-51-46(50)37-30-23-22-25-32-39-48(40-41-49)38-31-24-17-16-21-29-36-45-54-55-47(52-43-34-27-19-14-11-8-5-2)53-44-35-28-20-15-12-9-6-3/h49H,4-45H2,1-3H3. The van der Waals surface area contributed by atoms with Crippen LogP contribution >= 0.6 is 0 Å². The summed E-state index contributed by atoms with van der Waals surface area (Å²) >= 11 is 0. The quantitative estimate of drug-likeness (QED) is 0.0215. The van der Waals surface area contributed by atoms with Crippen LogP contribution in [0.25, 0.3) is 0 Å². The van der Waals surface area contributed by atoms with E-state index in [1.165, 1.54) is 154 Å². The molecule has 0 amide bonds. The van der Waals surface area contributed by atoms with E-state index in [-0.39, 0.29) is 12.6 Å². The second-order valence-corrected chi connectivity index (χ2v) is 16.1. The summed E-state index contributed by atoms with van der Waals surface area (Å²) in [5.74, 6) is -0.0258. The van der Waals surface area contributed by atoms with Gasteiger partial charge in [0.15, 0.2) is 0 Å². The van der Waals surface area contributed by atoms with E-state index < -0.39 is 7.32 Å². The zero-order valence-corrected chi connectivity index (χ0v) is 37.1. The molecule has 0 aromatic rings. The average molecular weight is 784 g/mol. The number of nitrogens with zero attached hydrogens (tertiary/aromatic N) is 1. The minimum atomic E-state index is -0.725. The zero-order chi connectivity index (χ0) is 40.0. The molecule has 0 fully saturated rings. The number of hydrogen-bond acceptors (Lipinski definition) is 8. The van der Waals surface area contributed by atoms with Crippen LogP contribution in [0.15, 0.2) is 0 Å². The number of ether oxygens (including phenoxy) is 1. The van der Waals surface area contributed by atoms with Crippen molar-refractivity contribution in [3.63, 3.8) is 0 Å². The predicted octanol–water partition coefficient (Wildman–Crippen LogP) is 13.1. The fourth-order valence-corrected chi connectivity index (χ4v) is 6.99. The maximum Gasteiger partial charge on any atom is 0.668 e. The van der Waals surface area contributed by atoms with Gasteiger partial charge in [-0.2, -0.15) is 0 Å². The van der Waals surface area contributed by atoms with Crippen molar-refractivity contribution < 1.29 is 33.6 Å². The van der Waals surface area contributed by atoms with Gasteiger partial charge in [0.05, 0.1) is 19.8 Å². The Morgan fingerprint density at radius 3 is 1.24 bits per heavy atom. The molecule has 0 aliphatic rings. The van der Waals surface area contributed by atoms with Crippen LogP contribution in [0.1, 0.15) is 239 Å². The number of aliphatic hydroxyl groups excluding tert-OH is 1. The molecule has 0 aromatic heterocycles. The van der Waals surface area contributed by atoms with Crippen LogP contribution in [-0.2, 0) is 28.5 Å². The first-order valence-electron chi connectivity index (χ1n) is 24.2. The lowest BCUT2D eigenvalue weighted by Gasteiger charge is -2.21. The van der Waals surface area contributed by atoms with Crippen LogP contribution in [0, 0.1) is 0 Å². The summed E-state index contributed by atoms with van der Waals surface area (Å²) in [5.41, 5.74) is 0. The van der Waals surface area contributed by atoms with Crippen LogP contribution in [0.3, 0.4) is 0 Å². The normalized spacial score (nSPS) is 11.6. The average Bonchev–Trinajstić information content (AvgIpc) is 3.19. The summed E-state index contributed by atoms with van der Waals surface area (Å²) in [6.07, 6.45) is 40.6. The summed E-state index contributed by atoms with van der Waals surface area (Å²) in [5, 5.41) is 9.55. The Bertz CT molecular complexity index is 714. The molecule has 0 rings (SSSR count). The van der Waals surface area contributed by atoms with Gasteiger partial charge >= 0.3 is 13.3 Å². The monoisotopic (exact) mass is 784 g/mol. The maximum atomic E-state index is 12.0. The lowest BCUT2D eigenvalue weighted by atomic mass is 10.1. The topological polar surface area (TPSA) is 86.7 Å². The molecule has 55 heavy (non-hydrogen) atoms. The van der Waals surface area contributed by atoms with Crippen molar-refractivity contribution in [2.45, 2.75) is 239 Å². The predicted molar refractivity (Wildman–Crippen MR) is 233 cm³/mol. The van der Waals surface area contributed by atoms with Crippen molar-refractivity contribution in [2.75, 3.05) is 52.7 Å². The minimum Gasteiger partial charge on any atom is -0.466 e. The van der Waals surface area contributed by atoms with Gasteiger partial charge < -0.3 is 24.1 Å². The van der Waals surface area contributed by atoms with Crippen LogP contribution in [0.4, 0.5) is 0 Å². The fraction of sp³-hybridized carbons (Fsp3) is 0.978. The molecule has 0 radical (unpaired) electrons. The smallest absolute Gasteiger partial charge is 0.466 e. The number of unbranched alkanes of at least 4 members (excludes halogenated alkanes) is 28. The first kappa shape index (κ1) is 54.3. The van der Waals surface area contributed by atoms with E-state index >= 15 is 0 Å². The van der Waals surface area contributed by atoms with E-state index in [2.05, 4.69) is 25.7 Å². The minimum absolute atomic E-state index is 0.0258. The van der Waals surface area contributed by atoms with Gasteiger partial charge in [-0.25, -0.2) is 9.69 Å². The summed E-state index contributed by atoms with van der Waals surface area (Å²) in [6.45, 7) is 12.3. The molecule has 0 unspecified atom stereocenters. The molecule has 0 heterocycles. The molecule has 0 bridgehead atoms. The summed E-state index contributed by atoms with van der Waals surface area (Å²) in [7, 11) is -0.725. The Kier molecular flexibility index (Phi) is 47.1.